The van der Waals surface area contributed by atoms with Crippen LogP contribution in [0.15, 0.2) is 6.20 Å². The van der Waals surface area contributed by atoms with E-state index in [0.29, 0.717) is 16.2 Å². The molecule has 0 saturated heterocycles. The highest BCUT2D eigenvalue weighted by Gasteiger charge is 2.25. The molecule has 0 aromatic carbocycles. The van der Waals surface area contributed by atoms with Crippen LogP contribution in [0.3, 0.4) is 0 Å². The summed E-state index contributed by atoms with van der Waals surface area (Å²) >= 11 is 12.8. The second-order valence-corrected chi connectivity index (χ2v) is 5.56. The SMILES string of the molecule is CCc1cnn2c(Cl)c(C3CCCC3)c(Cl)nc12. The molecule has 1 aliphatic carbocycles. The predicted molar refractivity (Wildman–Crippen MR) is 73.6 cm³/mol. The van der Waals surface area contributed by atoms with Crippen LogP contribution in [0.5, 0.6) is 0 Å². The number of halogens is 2. The van der Waals surface area contributed by atoms with Crippen LogP contribution in [-0.2, 0) is 6.42 Å². The quantitative estimate of drug-likeness (QED) is 0.771. The first-order valence-electron chi connectivity index (χ1n) is 6.44. The molecule has 1 fully saturated rings. The minimum absolute atomic E-state index is 0.441. The fraction of sp³-hybridized carbons (Fsp3) is 0.538. The van der Waals surface area contributed by atoms with E-state index in [4.69, 9.17) is 23.2 Å². The van der Waals surface area contributed by atoms with Crippen molar-refractivity contribution in [3.8, 4) is 0 Å². The topological polar surface area (TPSA) is 30.2 Å². The lowest BCUT2D eigenvalue weighted by atomic mass is 10.0. The molecule has 2 aromatic rings. The first-order chi connectivity index (χ1) is 8.72. The molecule has 5 heteroatoms. The highest BCUT2D eigenvalue weighted by molar-refractivity contribution is 6.35. The number of hydrogen-bond acceptors (Lipinski definition) is 2. The fourth-order valence-corrected chi connectivity index (χ4v) is 3.53. The van der Waals surface area contributed by atoms with Crippen LogP contribution in [0.1, 0.15) is 49.7 Å². The van der Waals surface area contributed by atoms with Gasteiger partial charge in [-0.15, -0.1) is 0 Å². The lowest BCUT2D eigenvalue weighted by Crippen LogP contribution is -2.04. The Morgan fingerprint density at radius 1 is 1.33 bits per heavy atom. The monoisotopic (exact) mass is 283 g/mol. The summed E-state index contributed by atoms with van der Waals surface area (Å²) in [5, 5.41) is 5.51. The Balaban J connectivity index is 2.20. The van der Waals surface area contributed by atoms with Crippen molar-refractivity contribution in [1.29, 1.82) is 0 Å². The van der Waals surface area contributed by atoms with Crippen LogP contribution in [0, 0.1) is 0 Å². The van der Waals surface area contributed by atoms with E-state index >= 15 is 0 Å². The van der Waals surface area contributed by atoms with Gasteiger partial charge in [0.25, 0.3) is 0 Å². The molecule has 0 bridgehead atoms. The number of rotatable bonds is 2. The largest absolute Gasteiger partial charge is 0.216 e. The molecule has 96 valence electrons. The second kappa shape index (κ2) is 4.71. The van der Waals surface area contributed by atoms with Gasteiger partial charge in [-0.3, -0.25) is 0 Å². The molecule has 2 heterocycles. The van der Waals surface area contributed by atoms with Gasteiger partial charge in [-0.05, 0) is 25.2 Å². The molecule has 2 aromatic heterocycles. The molecule has 0 radical (unpaired) electrons. The maximum atomic E-state index is 6.47. The number of nitrogens with zero attached hydrogens (tertiary/aromatic N) is 3. The molecule has 0 N–H and O–H groups in total. The minimum atomic E-state index is 0.441. The lowest BCUT2D eigenvalue weighted by Gasteiger charge is -2.14. The molecule has 1 aliphatic rings. The van der Waals surface area contributed by atoms with Gasteiger partial charge in [0.15, 0.2) is 5.65 Å². The van der Waals surface area contributed by atoms with Gasteiger partial charge in [0, 0.05) is 11.1 Å². The zero-order valence-corrected chi connectivity index (χ0v) is 11.8. The van der Waals surface area contributed by atoms with Crippen molar-refractivity contribution >= 4 is 28.8 Å². The third-order valence-corrected chi connectivity index (χ3v) is 4.45. The summed E-state index contributed by atoms with van der Waals surface area (Å²) in [6.45, 7) is 2.07. The van der Waals surface area contributed by atoms with E-state index in [1.54, 1.807) is 4.52 Å². The van der Waals surface area contributed by atoms with Crippen molar-refractivity contribution < 1.29 is 0 Å². The summed E-state index contributed by atoms with van der Waals surface area (Å²) in [5.74, 6) is 0.441. The maximum absolute atomic E-state index is 6.47. The summed E-state index contributed by atoms with van der Waals surface area (Å²) < 4.78 is 1.72. The van der Waals surface area contributed by atoms with E-state index in [1.807, 2.05) is 6.20 Å². The van der Waals surface area contributed by atoms with E-state index in [-0.39, 0.29) is 0 Å². The van der Waals surface area contributed by atoms with Crippen molar-refractivity contribution in [3.05, 3.63) is 27.6 Å². The summed E-state index contributed by atoms with van der Waals surface area (Å²) in [6.07, 6.45) is 7.49. The Labute approximate surface area is 116 Å². The third-order valence-electron chi connectivity index (χ3n) is 3.80. The van der Waals surface area contributed by atoms with Gasteiger partial charge in [-0.1, -0.05) is 43.0 Å². The normalized spacial score (nSPS) is 16.8. The van der Waals surface area contributed by atoms with E-state index < -0.39 is 0 Å². The minimum Gasteiger partial charge on any atom is -0.216 e. The first kappa shape index (κ1) is 12.2. The van der Waals surface area contributed by atoms with E-state index in [9.17, 15) is 0 Å². The Morgan fingerprint density at radius 3 is 2.72 bits per heavy atom. The molecule has 3 rings (SSSR count). The highest BCUT2D eigenvalue weighted by Crippen LogP contribution is 2.40. The van der Waals surface area contributed by atoms with Crippen molar-refractivity contribution in [2.45, 2.75) is 44.9 Å². The van der Waals surface area contributed by atoms with Gasteiger partial charge < -0.3 is 0 Å². The highest BCUT2D eigenvalue weighted by atomic mass is 35.5. The summed E-state index contributed by atoms with van der Waals surface area (Å²) in [5.41, 5.74) is 2.85. The number of aryl methyl sites for hydroxylation is 1. The second-order valence-electron chi connectivity index (χ2n) is 4.85. The van der Waals surface area contributed by atoms with E-state index in [1.165, 1.54) is 12.8 Å². The van der Waals surface area contributed by atoms with Crippen molar-refractivity contribution in [2.75, 3.05) is 0 Å². The number of fused-ring (bicyclic) bond motifs is 1. The Morgan fingerprint density at radius 2 is 2.06 bits per heavy atom. The Hall–Kier alpha value is -0.800. The fourth-order valence-electron chi connectivity index (χ4n) is 2.79. The van der Waals surface area contributed by atoms with Crippen LogP contribution in [0.4, 0.5) is 0 Å². The van der Waals surface area contributed by atoms with E-state index in [2.05, 4.69) is 17.0 Å². The molecular weight excluding hydrogens is 269 g/mol. The zero-order valence-electron chi connectivity index (χ0n) is 10.3. The molecule has 0 unspecified atom stereocenters. The molecule has 3 nitrogen and oxygen atoms in total. The number of hydrogen-bond donors (Lipinski definition) is 0. The van der Waals surface area contributed by atoms with Crippen molar-refractivity contribution in [3.63, 3.8) is 0 Å². The van der Waals surface area contributed by atoms with Crippen molar-refractivity contribution in [2.24, 2.45) is 0 Å². The average Bonchev–Trinajstić information content (AvgIpc) is 2.97. The predicted octanol–water partition coefficient (Wildman–Crippen LogP) is 4.26. The van der Waals surface area contributed by atoms with Gasteiger partial charge in [-0.25, -0.2) is 9.50 Å². The Kier molecular flexibility index (Phi) is 3.20. The molecule has 0 atom stereocenters. The van der Waals surface area contributed by atoms with Gasteiger partial charge in [-0.2, -0.15) is 5.10 Å². The molecule has 1 saturated carbocycles. The molecular formula is C13H15Cl2N3. The van der Waals surface area contributed by atoms with Crippen LogP contribution in [0.2, 0.25) is 10.3 Å². The van der Waals surface area contributed by atoms with Gasteiger partial charge in [0.05, 0.1) is 6.20 Å². The summed E-state index contributed by atoms with van der Waals surface area (Å²) in [7, 11) is 0. The lowest BCUT2D eigenvalue weighted by molar-refractivity contribution is 0.708. The van der Waals surface area contributed by atoms with Crippen LogP contribution in [-0.4, -0.2) is 14.6 Å². The van der Waals surface area contributed by atoms with Crippen LogP contribution >= 0.6 is 23.2 Å². The first-order valence-corrected chi connectivity index (χ1v) is 7.19. The average molecular weight is 284 g/mol. The molecule has 18 heavy (non-hydrogen) atoms. The molecule has 0 aliphatic heterocycles. The molecule has 0 spiro atoms. The summed E-state index contributed by atoms with van der Waals surface area (Å²) in [4.78, 5) is 4.49. The standard InChI is InChI=1S/C13H15Cl2N3/c1-2-8-7-16-18-12(15)10(9-5-3-4-6-9)11(14)17-13(8)18/h7,9H,2-6H2,1H3. The van der Waals surface area contributed by atoms with Gasteiger partial charge >= 0.3 is 0 Å². The van der Waals surface area contributed by atoms with Gasteiger partial charge in [0.1, 0.15) is 10.3 Å². The summed E-state index contributed by atoms with van der Waals surface area (Å²) in [6, 6.07) is 0. The van der Waals surface area contributed by atoms with Crippen LogP contribution < -0.4 is 0 Å². The Bertz CT molecular complexity index is 585. The van der Waals surface area contributed by atoms with Crippen LogP contribution in [0.25, 0.3) is 5.65 Å². The van der Waals surface area contributed by atoms with Crippen molar-refractivity contribution in [1.82, 2.24) is 14.6 Å². The molecule has 0 amide bonds. The van der Waals surface area contributed by atoms with Gasteiger partial charge in [0.2, 0.25) is 0 Å². The third kappa shape index (κ3) is 1.81. The smallest absolute Gasteiger partial charge is 0.161 e. The number of aromatic nitrogens is 3. The maximum Gasteiger partial charge on any atom is 0.161 e. The zero-order chi connectivity index (χ0) is 12.7. The van der Waals surface area contributed by atoms with E-state index in [0.717, 1.165) is 36.0 Å².